The molecule has 18 heavy (non-hydrogen) atoms. The van der Waals surface area contributed by atoms with Crippen molar-refractivity contribution in [2.75, 3.05) is 5.73 Å². The lowest BCUT2D eigenvalue weighted by Gasteiger charge is -2.09. The Morgan fingerprint density at radius 3 is 2.50 bits per heavy atom. The molecule has 4 heteroatoms. The third-order valence-corrected chi connectivity index (χ3v) is 3.99. The van der Waals surface area contributed by atoms with E-state index in [-0.39, 0.29) is 0 Å². The van der Waals surface area contributed by atoms with Crippen LogP contribution in [0.15, 0.2) is 34.2 Å². The highest BCUT2D eigenvalue weighted by atomic mass is 35.5. The zero-order valence-electron chi connectivity index (χ0n) is 10.6. The standard InChI is InChI=1S/C14H15ClN2S/c1-8-4-10(3)17-14(5-8)18-13-7-11(15)12(16)6-9(13)2/h4-7H,16H2,1-3H3. The second kappa shape index (κ2) is 5.21. The topological polar surface area (TPSA) is 38.9 Å². The van der Waals surface area contributed by atoms with Crippen LogP contribution in [0.4, 0.5) is 5.69 Å². The Kier molecular flexibility index (Phi) is 3.83. The normalized spacial score (nSPS) is 10.7. The highest BCUT2D eigenvalue weighted by Crippen LogP contribution is 2.34. The Labute approximate surface area is 117 Å². The zero-order valence-corrected chi connectivity index (χ0v) is 12.2. The van der Waals surface area contributed by atoms with Crippen molar-refractivity contribution >= 4 is 29.1 Å². The molecule has 0 bridgehead atoms. The maximum Gasteiger partial charge on any atom is 0.101 e. The fourth-order valence-electron chi connectivity index (χ4n) is 1.76. The van der Waals surface area contributed by atoms with Crippen LogP contribution in [0.1, 0.15) is 16.8 Å². The third kappa shape index (κ3) is 2.98. The predicted octanol–water partition coefficient (Wildman–Crippen LogP) is 4.39. The second-order valence-corrected chi connectivity index (χ2v) is 5.83. The van der Waals surface area contributed by atoms with Gasteiger partial charge >= 0.3 is 0 Å². The minimum Gasteiger partial charge on any atom is -0.398 e. The number of nitrogens with zero attached hydrogens (tertiary/aromatic N) is 1. The van der Waals surface area contributed by atoms with Crippen molar-refractivity contribution in [3.63, 3.8) is 0 Å². The minimum absolute atomic E-state index is 0.590. The molecule has 0 spiro atoms. The van der Waals surface area contributed by atoms with Gasteiger partial charge in [0, 0.05) is 10.6 Å². The molecular formula is C14H15ClN2S. The number of hydrogen-bond acceptors (Lipinski definition) is 3. The Bertz CT molecular complexity index is 576. The lowest BCUT2D eigenvalue weighted by atomic mass is 10.2. The van der Waals surface area contributed by atoms with Crippen molar-refractivity contribution in [2.45, 2.75) is 30.7 Å². The number of rotatable bonds is 2. The monoisotopic (exact) mass is 278 g/mol. The smallest absolute Gasteiger partial charge is 0.101 e. The Balaban J connectivity index is 2.36. The van der Waals surface area contributed by atoms with Crippen molar-refractivity contribution in [1.29, 1.82) is 0 Å². The predicted molar refractivity (Wildman–Crippen MR) is 78.4 cm³/mol. The molecule has 1 aromatic heterocycles. The fourth-order valence-corrected chi connectivity index (χ4v) is 3.05. The summed E-state index contributed by atoms with van der Waals surface area (Å²) in [6.07, 6.45) is 0. The van der Waals surface area contributed by atoms with E-state index in [0.29, 0.717) is 10.7 Å². The summed E-state index contributed by atoms with van der Waals surface area (Å²) in [6.45, 7) is 6.10. The maximum atomic E-state index is 6.06. The summed E-state index contributed by atoms with van der Waals surface area (Å²) >= 11 is 7.67. The van der Waals surface area contributed by atoms with Crippen molar-refractivity contribution in [3.8, 4) is 0 Å². The van der Waals surface area contributed by atoms with Crippen LogP contribution in [-0.4, -0.2) is 4.98 Å². The minimum atomic E-state index is 0.590. The molecule has 2 nitrogen and oxygen atoms in total. The first kappa shape index (κ1) is 13.2. The number of pyridine rings is 1. The van der Waals surface area contributed by atoms with Gasteiger partial charge in [-0.3, -0.25) is 0 Å². The number of nitrogens with two attached hydrogens (primary N) is 1. The summed E-state index contributed by atoms with van der Waals surface area (Å²) in [5.74, 6) is 0. The Morgan fingerprint density at radius 1 is 1.11 bits per heavy atom. The van der Waals surface area contributed by atoms with Gasteiger partial charge in [0.25, 0.3) is 0 Å². The molecule has 0 saturated heterocycles. The summed E-state index contributed by atoms with van der Waals surface area (Å²) in [6, 6.07) is 7.93. The molecule has 2 rings (SSSR count). The van der Waals surface area contributed by atoms with E-state index in [0.717, 1.165) is 21.2 Å². The lowest BCUT2D eigenvalue weighted by Crippen LogP contribution is -1.91. The molecule has 0 aliphatic rings. The SMILES string of the molecule is Cc1cc(C)nc(Sc2cc(Cl)c(N)cc2C)c1. The van der Waals surface area contributed by atoms with Gasteiger partial charge in [0.15, 0.2) is 0 Å². The van der Waals surface area contributed by atoms with Crippen LogP contribution in [-0.2, 0) is 0 Å². The summed E-state index contributed by atoms with van der Waals surface area (Å²) in [7, 11) is 0. The Hall–Kier alpha value is -1.19. The largest absolute Gasteiger partial charge is 0.398 e. The van der Waals surface area contributed by atoms with Gasteiger partial charge in [-0.2, -0.15) is 0 Å². The summed E-state index contributed by atoms with van der Waals surface area (Å²) in [5, 5.41) is 1.57. The number of aryl methyl sites for hydroxylation is 3. The van der Waals surface area contributed by atoms with Gasteiger partial charge in [0.05, 0.1) is 10.7 Å². The van der Waals surface area contributed by atoms with E-state index in [1.165, 1.54) is 5.56 Å². The molecular weight excluding hydrogens is 264 g/mol. The average Bonchev–Trinajstić information content (AvgIpc) is 2.24. The van der Waals surface area contributed by atoms with Crippen LogP contribution >= 0.6 is 23.4 Å². The van der Waals surface area contributed by atoms with Gasteiger partial charge in [0.1, 0.15) is 5.03 Å². The fraction of sp³-hybridized carbons (Fsp3) is 0.214. The Morgan fingerprint density at radius 2 is 1.83 bits per heavy atom. The summed E-state index contributed by atoms with van der Waals surface area (Å²) in [4.78, 5) is 5.60. The molecule has 0 radical (unpaired) electrons. The lowest BCUT2D eigenvalue weighted by molar-refractivity contribution is 1.04. The van der Waals surface area contributed by atoms with Crippen LogP contribution in [0.5, 0.6) is 0 Å². The van der Waals surface area contributed by atoms with Crippen molar-refractivity contribution in [3.05, 3.63) is 46.1 Å². The van der Waals surface area contributed by atoms with Gasteiger partial charge in [-0.25, -0.2) is 4.98 Å². The molecule has 1 aromatic carbocycles. The number of benzene rings is 1. The molecule has 0 amide bonds. The van der Waals surface area contributed by atoms with E-state index < -0.39 is 0 Å². The van der Waals surface area contributed by atoms with E-state index in [2.05, 4.69) is 24.0 Å². The molecule has 2 N–H and O–H groups in total. The van der Waals surface area contributed by atoms with Crippen LogP contribution in [0.25, 0.3) is 0 Å². The quantitative estimate of drug-likeness (QED) is 0.828. The third-order valence-electron chi connectivity index (χ3n) is 2.58. The van der Waals surface area contributed by atoms with Crippen molar-refractivity contribution in [1.82, 2.24) is 4.98 Å². The van der Waals surface area contributed by atoms with Crippen molar-refractivity contribution < 1.29 is 0 Å². The number of nitrogen functional groups attached to an aromatic ring is 1. The van der Waals surface area contributed by atoms with E-state index in [1.807, 2.05) is 26.0 Å². The van der Waals surface area contributed by atoms with Gasteiger partial charge < -0.3 is 5.73 Å². The molecule has 0 saturated carbocycles. The molecule has 2 aromatic rings. The van der Waals surface area contributed by atoms with Crippen LogP contribution in [0.2, 0.25) is 5.02 Å². The first-order valence-electron chi connectivity index (χ1n) is 5.64. The zero-order chi connectivity index (χ0) is 13.3. The molecule has 94 valence electrons. The highest BCUT2D eigenvalue weighted by Gasteiger charge is 2.07. The maximum absolute atomic E-state index is 6.06. The van der Waals surface area contributed by atoms with E-state index in [9.17, 15) is 0 Å². The average molecular weight is 279 g/mol. The second-order valence-electron chi connectivity index (χ2n) is 4.37. The number of halogens is 1. The van der Waals surface area contributed by atoms with Gasteiger partial charge in [-0.15, -0.1) is 0 Å². The number of hydrogen-bond donors (Lipinski definition) is 1. The van der Waals surface area contributed by atoms with Gasteiger partial charge in [0.2, 0.25) is 0 Å². The number of anilines is 1. The van der Waals surface area contributed by atoms with Crippen LogP contribution in [0, 0.1) is 20.8 Å². The highest BCUT2D eigenvalue weighted by molar-refractivity contribution is 7.99. The van der Waals surface area contributed by atoms with E-state index >= 15 is 0 Å². The molecule has 0 atom stereocenters. The first-order valence-corrected chi connectivity index (χ1v) is 6.84. The van der Waals surface area contributed by atoms with Crippen molar-refractivity contribution in [2.24, 2.45) is 0 Å². The van der Waals surface area contributed by atoms with Gasteiger partial charge in [-0.1, -0.05) is 23.4 Å². The van der Waals surface area contributed by atoms with Crippen LogP contribution < -0.4 is 5.73 Å². The molecule has 1 heterocycles. The molecule has 0 fully saturated rings. The van der Waals surface area contributed by atoms with Crippen LogP contribution in [0.3, 0.4) is 0 Å². The summed E-state index contributed by atoms with van der Waals surface area (Å²) < 4.78 is 0. The molecule has 0 aliphatic heterocycles. The van der Waals surface area contributed by atoms with Gasteiger partial charge in [-0.05, 0) is 56.2 Å². The molecule has 0 aliphatic carbocycles. The number of aromatic nitrogens is 1. The first-order chi connectivity index (χ1) is 8.45. The van der Waals surface area contributed by atoms with E-state index in [4.69, 9.17) is 17.3 Å². The summed E-state index contributed by atoms with van der Waals surface area (Å²) in [5.41, 5.74) is 9.74. The van der Waals surface area contributed by atoms with E-state index in [1.54, 1.807) is 11.8 Å². The molecule has 0 unspecified atom stereocenters.